The number of nitriles is 1. The van der Waals surface area contributed by atoms with Crippen LogP contribution in [0.3, 0.4) is 0 Å². The molecule has 36 heavy (non-hydrogen) atoms. The SMILES string of the molecule is C#CC(=O)N1C2CCC1CC(Nc1ccc(-c3cc(-c4cnn(C)c4)cn4ncc(C#N)c34)cn1)C2. The van der Waals surface area contributed by atoms with E-state index in [1.165, 1.54) is 0 Å². The molecular formula is C27H24N8O. The van der Waals surface area contributed by atoms with Crippen LogP contribution in [0.5, 0.6) is 0 Å². The number of nitrogens with zero attached hydrogens (tertiary/aromatic N) is 7. The summed E-state index contributed by atoms with van der Waals surface area (Å²) in [5, 5.41) is 21.9. The molecule has 1 amide bonds. The highest BCUT2D eigenvalue weighted by molar-refractivity contribution is 5.93. The zero-order chi connectivity index (χ0) is 24.8. The van der Waals surface area contributed by atoms with Crippen LogP contribution in [0.1, 0.15) is 31.2 Å². The molecule has 6 heterocycles. The smallest absolute Gasteiger partial charge is 0.298 e. The second-order valence-corrected chi connectivity index (χ2v) is 9.49. The van der Waals surface area contributed by atoms with Crippen LogP contribution in [0, 0.1) is 23.7 Å². The highest BCUT2D eigenvalue weighted by Gasteiger charge is 2.42. The van der Waals surface area contributed by atoms with Crippen LogP contribution in [-0.2, 0) is 11.8 Å². The molecule has 1 N–H and O–H groups in total. The molecule has 0 saturated carbocycles. The van der Waals surface area contributed by atoms with Gasteiger partial charge in [-0.25, -0.2) is 9.50 Å². The monoisotopic (exact) mass is 476 g/mol. The lowest BCUT2D eigenvalue weighted by molar-refractivity contribution is -0.129. The van der Waals surface area contributed by atoms with E-state index in [4.69, 9.17) is 11.4 Å². The van der Waals surface area contributed by atoms with Crippen molar-refractivity contribution in [3.63, 3.8) is 0 Å². The summed E-state index contributed by atoms with van der Waals surface area (Å²) in [5.74, 6) is 2.87. The third-order valence-electron chi connectivity index (χ3n) is 7.29. The molecule has 178 valence electrons. The fourth-order valence-corrected chi connectivity index (χ4v) is 5.70. The number of fused-ring (bicyclic) bond motifs is 3. The Morgan fingerprint density at radius 3 is 2.53 bits per heavy atom. The topological polar surface area (TPSA) is 104 Å². The first-order valence-corrected chi connectivity index (χ1v) is 12.0. The zero-order valence-corrected chi connectivity index (χ0v) is 19.8. The highest BCUT2D eigenvalue weighted by Crippen LogP contribution is 2.37. The Hall–Kier alpha value is -4.63. The molecule has 4 aromatic rings. The third kappa shape index (κ3) is 3.66. The molecule has 0 aromatic carbocycles. The number of carbonyl (C=O) groups is 1. The summed E-state index contributed by atoms with van der Waals surface area (Å²) in [7, 11) is 1.88. The van der Waals surface area contributed by atoms with Crippen LogP contribution in [0.25, 0.3) is 27.8 Å². The van der Waals surface area contributed by atoms with Crippen LogP contribution in [0.4, 0.5) is 5.82 Å². The Labute approximate surface area is 208 Å². The summed E-state index contributed by atoms with van der Waals surface area (Å²) < 4.78 is 3.49. The number of aromatic nitrogens is 5. The lowest BCUT2D eigenvalue weighted by atomic mass is 9.97. The van der Waals surface area contributed by atoms with Gasteiger partial charge in [0.25, 0.3) is 5.91 Å². The molecule has 0 spiro atoms. The number of carbonyl (C=O) groups excluding carboxylic acids is 1. The highest BCUT2D eigenvalue weighted by atomic mass is 16.2. The van der Waals surface area contributed by atoms with Crippen molar-refractivity contribution in [1.82, 2.24) is 29.3 Å². The minimum Gasteiger partial charge on any atom is -0.367 e. The summed E-state index contributed by atoms with van der Waals surface area (Å²) >= 11 is 0. The van der Waals surface area contributed by atoms with E-state index >= 15 is 0 Å². The first kappa shape index (κ1) is 21.9. The molecular weight excluding hydrogens is 452 g/mol. The maximum atomic E-state index is 12.1. The van der Waals surface area contributed by atoms with Crippen molar-refractivity contribution in [3.8, 4) is 40.7 Å². The number of amides is 1. The van der Waals surface area contributed by atoms with Gasteiger partial charge in [0.15, 0.2) is 0 Å². The number of terminal acetylenes is 1. The second kappa shape index (κ2) is 8.54. The van der Waals surface area contributed by atoms with Crippen LogP contribution in [0.15, 0.2) is 49.2 Å². The van der Waals surface area contributed by atoms with E-state index < -0.39 is 0 Å². The molecule has 2 unspecified atom stereocenters. The molecule has 9 heteroatoms. The molecule has 2 fully saturated rings. The van der Waals surface area contributed by atoms with Gasteiger partial charge in [-0.05, 0) is 49.8 Å². The van der Waals surface area contributed by atoms with E-state index in [1.54, 1.807) is 21.6 Å². The number of nitrogens with one attached hydrogen (secondary N) is 1. The van der Waals surface area contributed by atoms with Gasteiger partial charge in [0.2, 0.25) is 0 Å². The van der Waals surface area contributed by atoms with Gasteiger partial charge in [0.05, 0.1) is 23.5 Å². The normalized spacial score (nSPS) is 20.8. The number of piperidine rings is 1. The lowest BCUT2D eigenvalue weighted by Crippen LogP contribution is -2.49. The quantitative estimate of drug-likeness (QED) is 0.454. The van der Waals surface area contributed by atoms with Gasteiger partial charge in [-0.1, -0.05) is 0 Å². The van der Waals surface area contributed by atoms with Gasteiger partial charge in [0, 0.05) is 66.0 Å². The molecule has 6 rings (SSSR count). The molecule has 0 aliphatic carbocycles. The molecule has 2 bridgehead atoms. The van der Waals surface area contributed by atoms with Crippen molar-refractivity contribution in [2.75, 3.05) is 5.32 Å². The van der Waals surface area contributed by atoms with E-state index in [-0.39, 0.29) is 24.0 Å². The Balaban J connectivity index is 1.28. The molecule has 2 aliphatic heterocycles. The van der Waals surface area contributed by atoms with Gasteiger partial charge in [-0.3, -0.25) is 9.48 Å². The van der Waals surface area contributed by atoms with Crippen molar-refractivity contribution >= 4 is 17.2 Å². The summed E-state index contributed by atoms with van der Waals surface area (Å²) in [6.45, 7) is 0. The van der Waals surface area contributed by atoms with Gasteiger partial charge in [-0.2, -0.15) is 15.5 Å². The van der Waals surface area contributed by atoms with E-state index in [9.17, 15) is 10.1 Å². The van der Waals surface area contributed by atoms with Gasteiger partial charge in [-0.15, -0.1) is 6.42 Å². The number of aryl methyl sites for hydroxylation is 1. The Morgan fingerprint density at radius 1 is 1.08 bits per heavy atom. The average molecular weight is 477 g/mol. The summed E-state index contributed by atoms with van der Waals surface area (Å²) in [4.78, 5) is 18.7. The van der Waals surface area contributed by atoms with Crippen LogP contribution >= 0.6 is 0 Å². The molecule has 2 atom stereocenters. The Morgan fingerprint density at radius 2 is 1.89 bits per heavy atom. The fraction of sp³-hybridized carbons (Fsp3) is 0.296. The van der Waals surface area contributed by atoms with Crippen molar-refractivity contribution in [1.29, 1.82) is 5.26 Å². The van der Waals surface area contributed by atoms with Gasteiger partial charge in [0.1, 0.15) is 11.9 Å². The summed E-state index contributed by atoms with van der Waals surface area (Å²) in [5.41, 5.74) is 4.93. The first-order chi connectivity index (χ1) is 17.5. The standard InChI is InChI=1S/C27H24N8O/c1-3-26(36)35-22-5-6-23(35)10-21(9-22)32-25-7-4-17(12-29-25)24-8-18(20-14-30-33(2)15-20)16-34-27(24)19(11-28)13-31-34/h1,4,7-8,12-16,21-23H,5-6,9-10H2,2H3,(H,29,32). The molecule has 9 nitrogen and oxygen atoms in total. The van der Waals surface area contributed by atoms with Crippen LogP contribution < -0.4 is 5.32 Å². The number of rotatable bonds is 4. The Kier molecular flexibility index (Phi) is 5.19. The van der Waals surface area contributed by atoms with Crippen LogP contribution in [0.2, 0.25) is 0 Å². The largest absolute Gasteiger partial charge is 0.367 e. The van der Waals surface area contributed by atoms with Gasteiger partial charge < -0.3 is 10.2 Å². The minimum absolute atomic E-state index is 0.193. The average Bonchev–Trinajstić information content (AvgIpc) is 3.59. The predicted octanol–water partition coefficient (Wildman–Crippen LogP) is 3.24. The van der Waals surface area contributed by atoms with E-state index in [1.807, 2.05) is 42.7 Å². The number of hydrogen-bond acceptors (Lipinski definition) is 6. The second-order valence-electron chi connectivity index (χ2n) is 9.49. The molecule has 2 aliphatic rings. The molecule has 2 saturated heterocycles. The number of anilines is 1. The number of pyridine rings is 2. The summed E-state index contributed by atoms with van der Waals surface area (Å²) in [6.07, 6.45) is 18.2. The van der Waals surface area contributed by atoms with Crippen molar-refractivity contribution in [2.24, 2.45) is 7.05 Å². The van der Waals surface area contributed by atoms with Crippen molar-refractivity contribution in [2.45, 2.75) is 43.8 Å². The molecule has 0 radical (unpaired) electrons. The number of hydrogen-bond donors (Lipinski definition) is 1. The van der Waals surface area contributed by atoms with Gasteiger partial charge >= 0.3 is 0 Å². The fourth-order valence-electron chi connectivity index (χ4n) is 5.70. The summed E-state index contributed by atoms with van der Waals surface area (Å²) in [6, 6.07) is 8.90. The minimum atomic E-state index is -0.195. The first-order valence-electron chi connectivity index (χ1n) is 12.0. The maximum Gasteiger partial charge on any atom is 0.298 e. The third-order valence-corrected chi connectivity index (χ3v) is 7.29. The zero-order valence-electron chi connectivity index (χ0n) is 19.8. The van der Waals surface area contributed by atoms with E-state index in [0.29, 0.717) is 5.56 Å². The van der Waals surface area contributed by atoms with Crippen molar-refractivity contribution < 1.29 is 4.79 Å². The Bertz CT molecular complexity index is 1540. The maximum absolute atomic E-state index is 12.1. The molecule has 4 aromatic heterocycles. The lowest BCUT2D eigenvalue weighted by Gasteiger charge is -2.38. The van der Waals surface area contributed by atoms with Crippen molar-refractivity contribution in [3.05, 3.63) is 54.7 Å². The predicted molar refractivity (Wildman–Crippen MR) is 134 cm³/mol. The van der Waals surface area contributed by atoms with E-state index in [0.717, 1.165) is 59.3 Å². The van der Waals surface area contributed by atoms with Crippen LogP contribution in [-0.4, -0.2) is 53.3 Å². The van der Waals surface area contributed by atoms with E-state index in [2.05, 4.69) is 33.6 Å².